The molecule has 0 saturated carbocycles. The van der Waals surface area contributed by atoms with Gasteiger partial charge in [-0.15, -0.1) is 30.6 Å². The fourth-order valence-corrected chi connectivity index (χ4v) is 2.46. The second-order valence-corrected chi connectivity index (χ2v) is 5.43. The van der Waals surface area contributed by atoms with E-state index in [0.717, 1.165) is 50.7 Å². The van der Waals surface area contributed by atoms with Crippen molar-refractivity contribution in [2.45, 2.75) is 38.2 Å². The number of guanidine groups is 1. The van der Waals surface area contributed by atoms with Crippen LogP contribution in [0.5, 0.6) is 0 Å². The predicted octanol–water partition coefficient (Wildman–Crippen LogP) is 3.12. The molecule has 1 saturated heterocycles. The first kappa shape index (κ1) is 20.0. The molecular formula is C17H28IN3O2. The standard InChI is InChI=1S/C17H27N3O2.HI/c1-2-10-18-17(20-12-9-16-7-5-14-22-16)19-11-8-15-6-3-4-13-21-15;/h2,5,7,14-15H,1,3-4,6,8-13H2,(H2,18,19,20);1H. The first-order valence-corrected chi connectivity index (χ1v) is 8.15. The lowest BCUT2D eigenvalue weighted by molar-refractivity contribution is 0.0129. The SMILES string of the molecule is C=CCNC(=NCCC1CCCCO1)NCCc1ccco1.I. The molecular weight excluding hydrogens is 405 g/mol. The number of rotatable bonds is 8. The normalized spacial score (nSPS) is 18.1. The van der Waals surface area contributed by atoms with Crippen LogP contribution >= 0.6 is 24.0 Å². The Hall–Kier alpha value is -1.02. The number of halogens is 1. The van der Waals surface area contributed by atoms with Crippen molar-refractivity contribution in [3.05, 3.63) is 36.8 Å². The van der Waals surface area contributed by atoms with E-state index >= 15 is 0 Å². The lowest BCUT2D eigenvalue weighted by Gasteiger charge is -2.21. The fourth-order valence-electron chi connectivity index (χ4n) is 2.46. The summed E-state index contributed by atoms with van der Waals surface area (Å²) in [5.41, 5.74) is 0. The molecule has 1 aromatic rings. The zero-order chi connectivity index (χ0) is 15.5. The van der Waals surface area contributed by atoms with Crippen molar-refractivity contribution < 1.29 is 9.15 Å². The molecule has 0 aliphatic carbocycles. The minimum atomic E-state index is 0. The number of nitrogens with one attached hydrogen (secondary N) is 2. The van der Waals surface area contributed by atoms with Crippen LogP contribution in [0, 0.1) is 0 Å². The maximum Gasteiger partial charge on any atom is 0.191 e. The number of aliphatic imine (C=N–C) groups is 1. The maximum absolute atomic E-state index is 5.73. The highest BCUT2D eigenvalue weighted by Gasteiger charge is 2.12. The van der Waals surface area contributed by atoms with E-state index in [9.17, 15) is 0 Å². The van der Waals surface area contributed by atoms with Gasteiger partial charge in [0.1, 0.15) is 5.76 Å². The van der Waals surface area contributed by atoms with Gasteiger partial charge in [0.15, 0.2) is 5.96 Å². The summed E-state index contributed by atoms with van der Waals surface area (Å²) >= 11 is 0. The summed E-state index contributed by atoms with van der Waals surface area (Å²) in [4.78, 5) is 4.61. The average Bonchev–Trinajstić information content (AvgIpc) is 3.06. The van der Waals surface area contributed by atoms with Crippen molar-refractivity contribution in [1.29, 1.82) is 0 Å². The van der Waals surface area contributed by atoms with Gasteiger partial charge in [-0.2, -0.15) is 0 Å². The smallest absolute Gasteiger partial charge is 0.191 e. The molecule has 0 bridgehead atoms. The lowest BCUT2D eigenvalue weighted by atomic mass is 10.1. The Balaban J connectivity index is 0.00000264. The molecule has 1 aromatic heterocycles. The average molecular weight is 433 g/mol. The molecule has 130 valence electrons. The van der Waals surface area contributed by atoms with Crippen molar-refractivity contribution in [2.75, 3.05) is 26.2 Å². The van der Waals surface area contributed by atoms with E-state index in [1.165, 1.54) is 12.8 Å². The van der Waals surface area contributed by atoms with Gasteiger partial charge in [0.25, 0.3) is 0 Å². The summed E-state index contributed by atoms with van der Waals surface area (Å²) in [6.07, 6.45) is 9.36. The van der Waals surface area contributed by atoms with Crippen LogP contribution in [0.4, 0.5) is 0 Å². The van der Waals surface area contributed by atoms with Crippen molar-refractivity contribution in [3.63, 3.8) is 0 Å². The molecule has 2 rings (SSSR count). The van der Waals surface area contributed by atoms with Gasteiger partial charge in [-0.3, -0.25) is 4.99 Å². The van der Waals surface area contributed by atoms with Crippen molar-refractivity contribution in [3.8, 4) is 0 Å². The fraction of sp³-hybridized carbons (Fsp3) is 0.588. The highest BCUT2D eigenvalue weighted by molar-refractivity contribution is 14.0. The minimum Gasteiger partial charge on any atom is -0.469 e. The maximum atomic E-state index is 5.73. The number of furan rings is 1. The number of hydrogen-bond donors (Lipinski definition) is 2. The summed E-state index contributed by atoms with van der Waals surface area (Å²) in [6.45, 7) is 6.89. The Bertz CT molecular complexity index is 443. The zero-order valence-electron chi connectivity index (χ0n) is 13.6. The van der Waals surface area contributed by atoms with E-state index in [0.29, 0.717) is 12.6 Å². The van der Waals surface area contributed by atoms with E-state index in [-0.39, 0.29) is 24.0 Å². The summed E-state index contributed by atoms with van der Waals surface area (Å²) in [6, 6.07) is 3.89. The monoisotopic (exact) mass is 433 g/mol. The first-order chi connectivity index (χ1) is 10.9. The lowest BCUT2D eigenvalue weighted by Crippen LogP contribution is -2.38. The van der Waals surface area contributed by atoms with Crippen LogP contribution in [-0.2, 0) is 11.2 Å². The van der Waals surface area contributed by atoms with Gasteiger partial charge < -0.3 is 19.8 Å². The second kappa shape index (κ2) is 12.4. The molecule has 2 heterocycles. The van der Waals surface area contributed by atoms with E-state index in [1.807, 2.05) is 18.2 Å². The molecule has 0 spiro atoms. The van der Waals surface area contributed by atoms with Gasteiger partial charge in [-0.1, -0.05) is 6.08 Å². The van der Waals surface area contributed by atoms with Crippen molar-refractivity contribution >= 4 is 29.9 Å². The molecule has 2 N–H and O–H groups in total. The summed E-state index contributed by atoms with van der Waals surface area (Å²) in [5.74, 6) is 1.80. The summed E-state index contributed by atoms with van der Waals surface area (Å²) in [5, 5.41) is 6.56. The topological polar surface area (TPSA) is 58.8 Å². The quantitative estimate of drug-likeness (QED) is 0.286. The molecule has 5 nitrogen and oxygen atoms in total. The molecule has 1 aliphatic rings. The van der Waals surface area contributed by atoms with Gasteiger partial charge in [0, 0.05) is 32.7 Å². The minimum absolute atomic E-state index is 0. The Labute approximate surface area is 156 Å². The molecule has 1 fully saturated rings. The molecule has 0 aromatic carbocycles. The van der Waals surface area contributed by atoms with Gasteiger partial charge in [0.2, 0.25) is 0 Å². The summed E-state index contributed by atoms with van der Waals surface area (Å²) < 4.78 is 11.1. The molecule has 1 aliphatic heterocycles. The third kappa shape index (κ3) is 8.41. The molecule has 0 radical (unpaired) electrons. The van der Waals surface area contributed by atoms with Crippen LogP contribution < -0.4 is 10.6 Å². The van der Waals surface area contributed by atoms with Gasteiger partial charge in [0.05, 0.1) is 12.4 Å². The Morgan fingerprint density at radius 3 is 3.00 bits per heavy atom. The van der Waals surface area contributed by atoms with E-state index in [1.54, 1.807) is 6.26 Å². The van der Waals surface area contributed by atoms with Crippen LogP contribution in [0.3, 0.4) is 0 Å². The first-order valence-electron chi connectivity index (χ1n) is 8.15. The van der Waals surface area contributed by atoms with Gasteiger partial charge >= 0.3 is 0 Å². The number of ether oxygens (including phenoxy) is 1. The predicted molar refractivity (Wildman–Crippen MR) is 105 cm³/mol. The third-order valence-corrected chi connectivity index (χ3v) is 3.65. The Morgan fingerprint density at radius 1 is 1.39 bits per heavy atom. The highest BCUT2D eigenvalue weighted by Crippen LogP contribution is 2.15. The van der Waals surface area contributed by atoms with Crippen molar-refractivity contribution in [2.24, 2.45) is 4.99 Å². The molecule has 23 heavy (non-hydrogen) atoms. The molecule has 1 atom stereocenters. The number of hydrogen-bond acceptors (Lipinski definition) is 3. The van der Waals surface area contributed by atoms with E-state index in [4.69, 9.17) is 9.15 Å². The Kier molecular flexibility index (Phi) is 10.8. The third-order valence-electron chi connectivity index (χ3n) is 3.65. The summed E-state index contributed by atoms with van der Waals surface area (Å²) in [7, 11) is 0. The number of nitrogens with zero attached hydrogens (tertiary/aromatic N) is 1. The van der Waals surface area contributed by atoms with E-state index in [2.05, 4.69) is 22.2 Å². The second-order valence-electron chi connectivity index (χ2n) is 5.43. The van der Waals surface area contributed by atoms with Gasteiger partial charge in [-0.05, 0) is 37.8 Å². The van der Waals surface area contributed by atoms with Crippen LogP contribution in [0.25, 0.3) is 0 Å². The zero-order valence-corrected chi connectivity index (χ0v) is 16.0. The van der Waals surface area contributed by atoms with Crippen LogP contribution in [0.15, 0.2) is 40.5 Å². The molecule has 0 amide bonds. The van der Waals surface area contributed by atoms with Crippen molar-refractivity contribution in [1.82, 2.24) is 10.6 Å². The highest BCUT2D eigenvalue weighted by atomic mass is 127. The van der Waals surface area contributed by atoms with Crippen LogP contribution in [-0.4, -0.2) is 38.3 Å². The van der Waals surface area contributed by atoms with Crippen LogP contribution in [0.1, 0.15) is 31.4 Å². The van der Waals surface area contributed by atoms with Gasteiger partial charge in [-0.25, -0.2) is 0 Å². The Morgan fingerprint density at radius 2 is 2.30 bits per heavy atom. The van der Waals surface area contributed by atoms with Crippen LogP contribution in [0.2, 0.25) is 0 Å². The molecule has 6 heteroatoms. The largest absolute Gasteiger partial charge is 0.469 e. The molecule has 1 unspecified atom stereocenters. The van der Waals surface area contributed by atoms with E-state index < -0.39 is 0 Å².